The zero-order chi connectivity index (χ0) is 18.2. The third-order valence-electron chi connectivity index (χ3n) is 3.59. The molecule has 0 aliphatic carbocycles. The molecule has 0 bridgehead atoms. The van der Waals surface area contributed by atoms with E-state index in [0.29, 0.717) is 18.2 Å². The van der Waals surface area contributed by atoms with E-state index in [-0.39, 0.29) is 0 Å². The number of thioether (sulfide) groups is 1. The molecule has 2 aromatic heterocycles. The van der Waals surface area contributed by atoms with Gasteiger partial charge in [0.15, 0.2) is 10.2 Å². The Morgan fingerprint density at radius 1 is 1.23 bits per heavy atom. The van der Waals surface area contributed by atoms with Gasteiger partial charge in [-0.05, 0) is 24.1 Å². The van der Waals surface area contributed by atoms with Crippen molar-refractivity contribution >= 4 is 28.2 Å². The van der Waals surface area contributed by atoms with Crippen molar-refractivity contribution in [3.05, 3.63) is 41.5 Å². The van der Waals surface area contributed by atoms with Crippen LogP contribution in [0.4, 0.5) is 5.13 Å². The Balaban J connectivity index is 1.46. The van der Waals surface area contributed by atoms with Crippen molar-refractivity contribution in [2.24, 2.45) is 0 Å². The molecule has 0 saturated carbocycles. The largest absolute Gasteiger partial charge is 0.497 e. The number of benzene rings is 1. The number of ether oxygens (including phenoxy) is 1. The Kier molecular flexibility index (Phi) is 6.84. The number of hydrogen-bond acceptors (Lipinski definition) is 9. The number of rotatable bonds is 10. The third kappa shape index (κ3) is 5.43. The lowest BCUT2D eigenvalue weighted by Crippen LogP contribution is -1.98. The minimum atomic E-state index is 0.603. The van der Waals surface area contributed by atoms with Gasteiger partial charge in [-0.15, -0.1) is 10.2 Å². The van der Waals surface area contributed by atoms with Crippen molar-refractivity contribution in [2.75, 3.05) is 12.4 Å². The van der Waals surface area contributed by atoms with E-state index in [1.807, 2.05) is 24.3 Å². The molecule has 0 aliphatic rings. The van der Waals surface area contributed by atoms with Crippen molar-refractivity contribution in [2.45, 2.75) is 42.8 Å². The first kappa shape index (κ1) is 18.7. The molecular formula is C17H21N5O2S2. The van der Waals surface area contributed by atoms with Crippen LogP contribution in [0, 0.1) is 0 Å². The van der Waals surface area contributed by atoms with Gasteiger partial charge in [0.2, 0.25) is 11.0 Å². The molecule has 0 spiro atoms. The Morgan fingerprint density at radius 2 is 2.08 bits per heavy atom. The SMILES string of the molecule is CCCCc1noc(CSc2nnc(NCc3ccc(OC)cc3)s2)n1. The van der Waals surface area contributed by atoms with Gasteiger partial charge in [-0.2, -0.15) is 4.98 Å². The lowest BCUT2D eigenvalue weighted by Gasteiger charge is -2.03. The number of aromatic nitrogens is 4. The summed E-state index contributed by atoms with van der Waals surface area (Å²) in [5.74, 6) is 2.86. The normalized spacial score (nSPS) is 10.8. The van der Waals surface area contributed by atoms with E-state index in [2.05, 4.69) is 32.6 Å². The number of nitrogens with zero attached hydrogens (tertiary/aromatic N) is 4. The summed E-state index contributed by atoms with van der Waals surface area (Å²) in [7, 11) is 1.66. The van der Waals surface area contributed by atoms with Gasteiger partial charge < -0.3 is 14.6 Å². The average Bonchev–Trinajstić information content (AvgIpc) is 3.32. The molecule has 0 radical (unpaired) electrons. The average molecular weight is 392 g/mol. The first-order valence-electron chi connectivity index (χ1n) is 8.41. The number of anilines is 1. The maximum Gasteiger partial charge on any atom is 0.237 e. The van der Waals surface area contributed by atoms with Crippen molar-refractivity contribution in [1.82, 2.24) is 20.3 Å². The predicted octanol–water partition coefficient (Wildman–Crippen LogP) is 4.18. The summed E-state index contributed by atoms with van der Waals surface area (Å²) in [5.41, 5.74) is 1.15. The van der Waals surface area contributed by atoms with Gasteiger partial charge in [0, 0.05) is 13.0 Å². The van der Waals surface area contributed by atoms with Gasteiger partial charge in [0.25, 0.3) is 0 Å². The van der Waals surface area contributed by atoms with Gasteiger partial charge in [-0.25, -0.2) is 0 Å². The first-order chi connectivity index (χ1) is 12.8. The van der Waals surface area contributed by atoms with Gasteiger partial charge in [0.05, 0.1) is 12.9 Å². The van der Waals surface area contributed by atoms with E-state index < -0.39 is 0 Å². The van der Waals surface area contributed by atoms with Crippen LogP contribution in [0.2, 0.25) is 0 Å². The molecule has 3 aromatic rings. The molecule has 138 valence electrons. The van der Waals surface area contributed by atoms with Crippen LogP contribution in [0.1, 0.15) is 37.0 Å². The highest BCUT2D eigenvalue weighted by atomic mass is 32.2. The van der Waals surface area contributed by atoms with Gasteiger partial charge in [-0.1, -0.05) is 53.7 Å². The molecule has 9 heteroatoms. The molecule has 3 rings (SSSR count). The molecule has 0 saturated heterocycles. The van der Waals surface area contributed by atoms with E-state index in [4.69, 9.17) is 9.26 Å². The molecule has 1 N–H and O–H groups in total. The molecule has 0 fully saturated rings. The monoisotopic (exact) mass is 391 g/mol. The number of unbranched alkanes of at least 4 members (excludes halogenated alkanes) is 1. The van der Waals surface area contributed by atoms with Crippen LogP contribution in [0.5, 0.6) is 5.75 Å². The number of methoxy groups -OCH3 is 1. The molecule has 1 aromatic carbocycles. The van der Waals surface area contributed by atoms with Crippen molar-refractivity contribution < 1.29 is 9.26 Å². The predicted molar refractivity (Wildman–Crippen MR) is 103 cm³/mol. The van der Waals surface area contributed by atoms with E-state index in [0.717, 1.165) is 45.9 Å². The second-order valence-electron chi connectivity index (χ2n) is 5.57. The summed E-state index contributed by atoms with van der Waals surface area (Å²) >= 11 is 3.07. The fourth-order valence-corrected chi connectivity index (χ4v) is 3.75. The maximum atomic E-state index is 5.26. The Hall–Kier alpha value is -2.13. The fourth-order valence-electron chi connectivity index (χ4n) is 2.17. The second kappa shape index (κ2) is 9.54. The van der Waals surface area contributed by atoms with Crippen LogP contribution < -0.4 is 10.1 Å². The van der Waals surface area contributed by atoms with Gasteiger partial charge >= 0.3 is 0 Å². The van der Waals surface area contributed by atoms with Crippen molar-refractivity contribution in [1.29, 1.82) is 0 Å². The minimum absolute atomic E-state index is 0.603. The van der Waals surface area contributed by atoms with E-state index >= 15 is 0 Å². The van der Waals surface area contributed by atoms with Gasteiger partial charge in [-0.3, -0.25) is 0 Å². The van der Waals surface area contributed by atoms with E-state index in [1.54, 1.807) is 18.9 Å². The summed E-state index contributed by atoms with van der Waals surface area (Å²) in [6.45, 7) is 2.83. The Bertz CT molecular complexity index is 804. The summed E-state index contributed by atoms with van der Waals surface area (Å²) in [6.07, 6.45) is 3.06. The van der Waals surface area contributed by atoms with Crippen LogP contribution in [-0.4, -0.2) is 27.4 Å². The highest BCUT2D eigenvalue weighted by Crippen LogP contribution is 2.28. The fraction of sp³-hybridized carbons (Fsp3) is 0.412. The zero-order valence-corrected chi connectivity index (χ0v) is 16.4. The quantitative estimate of drug-likeness (QED) is 0.515. The standard InChI is InChI=1S/C17H21N5O2S2/c1-3-4-5-14-19-15(24-22-14)11-25-17-21-20-16(26-17)18-10-12-6-8-13(23-2)9-7-12/h6-9H,3-5,10-11H2,1-2H3,(H,18,20). The lowest BCUT2D eigenvalue weighted by atomic mass is 10.2. The molecule has 0 unspecified atom stereocenters. The molecule has 2 heterocycles. The minimum Gasteiger partial charge on any atom is -0.497 e. The lowest BCUT2D eigenvalue weighted by molar-refractivity contribution is 0.384. The highest BCUT2D eigenvalue weighted by Gasteiger charge is 2.10. The molecule has 0 amide bonds. The van der Waals surface area contributed by atoms with E-state index in [1.165, 1.54) is 11.3 Å². The summed E-state index contributed by atoms with van der Waals surface area (Å²) in [4.78, 5) is 4.39. The first-order valence-corrected chi connectivity index (χ1v) is 10.2. The number of nitrogens with one attached hydrogen (secondary N) is 1. The number of aryl methyl sites for hydroxylation is 1. The van der Waals surface area contributed by atoms with Crippen LogP contribution in [0.25, 0.3) is 0 Å². The van der Waals surface area contributed by atoms with Gasteiger partial charge in [0.1, 0.15) is 5.75 Å². The van der Waals surface area contributed by atoms with Crippen LogP contribution in [0.3, 0.4) is 0 Å². The molecule has 0 aliphatic heterocycles. The smallest absolute Gasteiger partial charge is 0.237 e. The van der Waals surface area contributed by atoms with E-state index in [9.17, 15) is 0 Å². The third-order valence-corrected chi connectivity index (χ3v) is 5.59. The summed E-state index contributed by atoms with van der Waals surface area (Å²) in [6, 6.07) is 7.93. The zero-order valence-electron chi connectivity index (χ0n) is 14.8. The van der Waals surface area contributed by atoms with Crippen LogP contribution in [0.15, 0.2) is 33.1 Å². The van der Waals surface area contributed by atoms with Crippen molar-refractivity contribution in [3.63, 3.8) is 0 Å². The molecule has 0 atom stereocenters. The van der Waals surface area contributed by atoms with Crippen molar-refractivity contribution in [3.8, 4) is 5.75 Å². The Labute approximate surface area is 160 Å². The molecule has 26 heavy (non-hydrogen) atoms. The number of hydrogen-bond donors (Lipinski definition) is 1. The highest BCUT2D eigenvalue weighted by molar-refractivity contribution is 8.00. The molecular weight excluding hydrogens is 370 g/mol. The van der Waals surface area contributed by atoms with Crippen LogP contribution in [-0.2, 0) is 18.7 Å². The summed E-state index contributed by atoms with van der Waals surface area (Å²) in [5, 5.41) is 16.4. The Morgan fingerprint density at radius 3 is 2.85 bits per heavy atom. The van der Waals surface area contributed by atoms with Crippen LogP contribution >= 0.6 is 23.1 Å². The topological polar surface area (TPSA) is 86.0 Å². The molecule has 7 nitrogen and oxygen atoms in total. The second-order valence-corrected chi connectivity index (χ2v) is 7.77. The summed E-state index contributed by atoms with van der Waals surface area (Å²) < 4.78 is 11.3. The maximum absolute atomic E-state index is 5.26.